The van der Waals surface area contributed by atoms with E-state index in [4.69, 9.17) is 14.2 Å². The van der Waals surface area contributed by atoms with Crippen LogP contribution in [0.15, 0.2) is 0 Å². The highest BCUT2D eigenvalue weighted by atomic mass is 16.5. The third kappa shape index (κ3) is 4.53. The van der Waals surface area contributed by atoms with Crippen LogP contribution >= 0.6 is 0 Å². The van der Waals surface area contributed by atoms with Gasteiger partial charge in [-0.3, -0.25) is 4.79 Å². The van der Waals surface area contributed by atoms with Crippen LogP contribution < -0.4 is 10.6 Å². The van der Waals surface area contributed by atoms with Crippen LogP contribution in [0.4, 0.5) is 0 Å². The second-order valence-electron chi connectivity index (χ2n) is 4.26. The molecule has 1 aliphatic rings. The van der Waals surface area contributed by atoms with Crippen molar-refractivity contribution in [1.29, 1.82) is 0 Å². The Morgan fingerprint density at radius 1 is 1.39 bits per heavy atom. The number of carbonyl (C=O) groups excluding carboxylic acids is 1. The van der Waals surface area contributed by atoms with Gasteiger partial charge in [-0.25, -0.2) is 0 Å². The first kappa shape index (κ1) is 15.4. The van der Waals surface area contributed by atoms with E-state index in [1.54, 1.807) is 14.2 Å². The standard InChI is InChI=1S/C12H24N2O4/c1-4-18-10-7-9(12(10)17-3)14-8-11(15)13-5-6-16-2/h9-10,12,14H,4-8H2,1-3H3,(H,13,15). The predicted molar refractivity (Wildman–Crippen MR) is 67.5 cm³/mol. The van der Waals surface area contributed by atoms with Gasteiger partial charge in [-0.05, 0) is 13.3 Å². The van der Waals surface area contributed by atoms with E-state index >= 15 is 0 Å². The van der Waals surface area contributed by atoms with E-state index < -0.39 is 0 Å². The summed E-state index contributed by atoms with van der Waals surface area (Å²) in [7, 11) is 3.28. The molecule has 0 saturated heterocycles. The third-order valence-electron chi connectivity index (χ3n) is 3.06. The van der Waals surface area contributed by atoms with Gasteiger partial charge in [-0.15, -0.1) is 0 Å². The Kier molecular flexibility index (Phi) is 7.19. The Morgan fingerprint density at radius 3 is 2.78 bits per heavy atom. The topological polar surface area (TPSA) is 68.8 Å². The van der Waals surface area contributed by atoms with Crippen LogP contribution in [0.25, 0.3) is 0 Å². The molecular formula is C12H24N2O4. The minimum atomic E-state index is -0.0261. The molecule has 0 aromatic heterocycles. The molecule has 6 nitrogen and oxygen atoms in total. The lowest BCUT2D eigenvalue weighted by Crippen LogP contribution is -2.61. The zero-order valence-electron chi connectivity index (χ0n) is 11.4. The van der Waals surface area contributed by atoms with E-state index in [0.717, 1.165) is 6.42 Å². The fraction of sp³-hybridized carbons (Fsp3) is 0.917. The smallest absolute Gasteiger partial charge is 0.234 e. The van der Waals surface area contributed by atoms with Crippen LogP contribution in [0.1, 0.15) is 13.3 Å². The Bertz CT molecular complexity index is 250. The summed E-state index contributed by atoms with van der Waals surface area (Å²) in [6.45, 7) is 4.03. The number of methoxy groups -OCH3 is 2. The highest BCUT2D eigenvalue weighted by Gasteiger charge is 2.41. The zero-order chi connectivity index (χ0) is 13.4. The van der Waals surface area contributed by atoms with Crippen LogP contribution in [0.5, 0.6) is 0 Å². The summed E-state index contributed by atoms with van der Waals surface area (Å²) >= 11 is 0. The molecule has 6 heteroatoms. The summed E-state index contributed by atoms with van der Waals surface area (Å²) in [6.07, 6.45) is 1.07. The van der Waals surface area contributed by atoms with Crippen LogP contribution in [-0.4, -0.2) is 64.7 Å². The molecule has 1 saturated carbocycles. The summed E-state index contributed by atoms with van der Waals surface area (Å²) in [4.78, 5) is 11.5. The van der Waals surface area contributed by atoms with E-state index in [-0.39, 0.29) is 24.2 Å². The van der Waals surface area contributed by atoms with Crippen molar-refractivity contribution >= 4 is 5.91 Å². The number of rotatable bonds is 9. The molecule has 0 aliphatic heterocycles. The molecular weight excluding hydrogens is 236 g/mol. The van der Waals surface area contributed by atoms with Gasteiger partial charge in [0.05, 0.1) is 25.4 Å². The van der Waals surface area contributed by atoms with Gasteiger partial charge in [0.25, 0.3) is 0 Å². The van der Waals surface area contributed by atoms with Crippen molar-refractivity contribution < 1.29 is 19.0 Å². The van der Waals surface area contributed by atoms with Crippen molar-refractivity contribution in [1.82, 2.24) is 10.6 Å². The number of carbonyl (C=O) groups is 1. The van der Waals surface area contributed by atoms with Gasteiger partial charge >= 0.3 is 0 Å². The molecule has 18 heavy (non-hydrogen) atoms. The van der Waals surface area contributed by atoms with Crippen LogP contribution in [-0.2, 0) is 19.0 Å². The maximum absolute atomic E-state index is 11.5. The quantitative estimate of drug-likeness (QED) is 0.549. The summed E-state index contributed by atoms with van der Waals surface area (Å²) in [5, 5.41) is 5.94. The summed E-state index contributed by atoms with van der Waals surface area (Å²) in [5.74, 6) is -0.0261. The van der Waals surface area contributed by atoms with E-state index in [1.807, 2.05) is 6.92 Å². The normalized spacial score (nSPS) is 26.7. The maximum Gasteiger partial charge on any atom is 0.234 e. The van der Waals surface area contributed by atoms with Crippen molar-refractivity contribution in [2.75, 3.05) is 40.5 Å². The van der Waals surface area contributed by atoms with Crippen molar-refractivity contribution in [3.63, 3.8) is 0 Å². The Labute approximate surface area is 108 Å². The van der Waals surface area contributed by atoms with E-state index in [9.17, 15) is 4.79 Å². The lowest BCUT2D eigenvalue weighted by Gasteiger charge is -2.43. The minimum absolute atomic E-state index is 0.0261. The van der Waals surface area contributed by atoms with Crippen LogP contribution in [0.3, 0.4) is 0 Å². The molecule has 106 valence electrons. The van der Waals surface area contributed by atoms with Gasteiger partial charge in [0.15, 0.2) is 0 Å². The summed E-state index contributed by atoms with van der Waals surface area (Å²) < 4.78 is 15.7. The highest BCUT2D eigenvalue weighted by molar-refractivity contribution is 5.78. The predicted octanol–water partition coefficient (Wildman–Crippen LogP) is -0.469. The van der Waals surface area contributed by atoms with Gasteiger partial charge in [-0.1, -0.05) is 0 Å². The van der Waals surface area contributed by atoms with Gasteiger partial charge in [-0.2, -0.15) is 0 Å². The fourth-order valence-electron chi connectivity index (χ4n) is 2.05. The number of amides is 1. The molecule has 1 amide bonds. The fourth-order valence-corrected chi connectivity index (χ4v) is 2.05. The molecule has 1 fully saturated rings. The number of nitrogens with one attached hydrogen (secondary N) is 2. The lowest BCUT2D eigenvalue weighted by atomic mass is 9.85. The molecule has 0 heterocycles. The maximum atomic E-state index is 11.5. The summed E-state index contributed by atoms with van der Waals surface area (Å²) in [5.41, 5.74) is 0. The van der Waals surface area contributed by atoms with Crippen LogP contribution in [0.2, 0.25) is 0 Å². The second-order valence-corrected chi connectivity index (χ2v) is 4.26. The van der Waals surface area contributed by atoms with Gasteiger partial charge in [0.1, 0.15) is 0 Å². The first-order valence-electron chi connectivity index (χ1n) is 6.36. The van der Waals surface area contributed by atoms with Gasteiger partial charge in [0.2, 0.25) is 5.91 Å². The van der Waals surface area contributed by atoms with Gasteiger partial charge < -0.3 is 24.8 Å². The number of ether oxygens (including phenoxy) is 3. The number of hydrogen-bond donors (Lipinski definition) is 2. The monoisotopic (exact) mass is 260 g/mol. The SMILES string of the molecule is CCOC1CC(NCC(=O)NCCOC)C1OC. The van der Waals surface area contributed by atoms with Crippen molar-refractivity contribution in [2.45, 2.75) is 31.6 Å². The minimum Gasteiger partial charge on any atom is -0.383 e. The number of hydrogen-bond acceptors (Lipinski definition) is 5. The molecule has 0 aromatic carbocycles. The molecule has 3 unspecified atom stereocenters. The van der Waals surface area contributed by atoms with Crippen molar-refractivity contribution in [3.05, 3.63) is 0 Å². The molecule has 1 rings (SSSR count). The van der Waals surface area contributed by atoms with E-state index in [0.29, 0.717) is 26.3 Å². The molecule has 0 bridgehead atoms. The van der Waals surface area contributed by atoms with Crippen molar-refractivity contribution in [2.24, 2.45) is 0 Å². The molecule has 0 radical (unpaired) electrons. The summed E-state index contributed by atoms with van der Waals surface area (Å²) in [6, 6.07) is 0.194. The third-order valence-corrected chi connectivity index (χ3v) is 3.06. The highest BCUT2D eigenvalue weighted by Crippen LogP contribution is 2.26. The molecule has 1 aliphatic carbocycles. The van der Waals surface area contributed by atoms with Crippen LogP contribution in [0, 0.1) is 0 Å². The Hall–Kier alpha value is -0.690. The van der Waals surface area contributed by atoms with E-state index in [2.05, 4.69) is 10.6 Å². The molecule has 2 N–H and O–H groups in total. The zero-order valence-corrected chi connectivity index (χ0v) is 11.4. The molecule has 0 spiro atoms. The van der Waals surface area contributed by atoms with E-state index in [1.165, 1.54) is 0 Å². The Balaban J connectivity index is 2.14. The average Bonchev–Trinajstić information content (AvgIpc) is 2.33. The first-order valence-corrected chi connectivity index (χ1v) is 6.36. The van der Waals surface area contributed by atoms with Gasteiger partial charge in [0, 0.05) is 33.4 Å². The largest absolute Gasteiger partial charge is 0.383 e. The van der Waals surface area contributed by atoms with Crippen molar-refractivity contribution in [3.8, 4) is 0 Å². The molecule has 0 aromatic rings. The molecule has 3 atom stereocenters. The Morgan fingerprint density at radius 2 is 2.17 bits per heavy atom. The lowest BCUT2D eigenvalue weighted by molar-refractivity contribution is -0.134. The average molecular weight is 260 g/mol. The first-order chi connectivity index (χ1) is 8.72. The second kappa shape index (κ2) is 8.42.